The predicted molar refractivity (Wildman–Crippen MR) is 65.0 cm³/mol. The molecule has 82 valence electrons. The average Bonchev–Trinajstić information content (AvgIpc) is 2.66. The first-order valence-corrected chi connectivity index (χ1v) is 6.52. The Hall–Kier alpha value is -0.510. The van der Waals surface area contributed by atoms with E-state index in [0.717, 1.165) is 24.6 Å². The van der Waals surface area contributed by atoms with Crippen molar-refractivity contribution >= 4 is 11.8 Å². The van der Waals surface area contributed by atoms with Crippen LogP contribution in [0, 0.1) is 5.92 Å². The lowest BCUT2D eigenvalue weighted by molar-refractivity contribution is 0.158. The van der Waals surface area contributed by atoms with Crippen LogP contribution in [-0.2, 0) is 5.75 Å². The zero-order valence-electron chi connectivity index (χ0n) is 8.73. The molecule has 0 aliphatic carbocycles. The van der Waals surface area contributed by atoms with Gasteiger partial charge in [0, 0.05) is 30.5 Å². The van der Waals surface area contributed by atoms with E-state index in [-0.39, 0.29) is 6.10 Å². The van der Waals surface area contributed by atoms with Gasteiger partial charge in [0.15, 0.2) is 0 Å². The van der Waals surface area contributed by atoms with Gasteiger partial charge in [-0.05, 0) is 5.56 Å². The van der Waals surface area contributed by atoms with Crippen LogP contribution in [0.3, 0.4) is 0 Å². The van der Waals surface area contributed by atoms with Crippen LogP contribution in [0.1, 0.15) is 5.56 Å². The Morgan fingerprint density at radius 2 is 2.07 bits per heavy atom. The lowest BCUT2D eigenvalue weighted by atomic mass is 10.1. The number of aliphatic hydroxyl groups is 1. The summed E-state index contributed by atoms with van der Waals surface area (Å²) in [6.45, 7) is 1.72. The summed E-state index contributed by atoms with van der Waals surface area (Å²) in [5.41, 5.74) is 1.36. The molecule has 2 rings (SSSR count). The third kappa shape index (κ3) is 3.23. The van der Waals surface area contributed by atoms with E-state index in [4.69, 9.17) is 0 Å². The highest BCUT2D eigenvalue weighted by atomic mass is 32.2. The van der Waals surface area contributed by atoms with Crippen molar-refractivity contribution in [3.63, 3.8) is 0 Å². The van der Waals surface area contributed by atoms with E-state index in [0.29, 0.717) is 5.92 Å². The molecule has 1 aromatic rings. The Bertz CT molecular complexity index is 291. The van der Waals surface area contributed by atoms with E-state index < -0.39 is 0 Å². The van der Waals surface area contributed by atoms with Gasteiger partial charge in [0.1, 0.15) is 0 Å². The van der Waals surface area contributed by atoms with Crippen molar-refractivity contribution in [3.8, 4) is 0 Å². The smallest absolute Gasteiger partial charge is 0.0712 e. The van der Waals surface area contributed by atoms with Gasteiger partial charge in [0.2, 0.25) is 0 Å². The number of thioether (sulfide) groups is 1. The summed E-state index contributed by atoms with van der Waals surface area (Å²) in [4.78, 5) is 0. The fourth-order valence-corrected chi connectivity index (χ4v) is 2.98. The Morgan fingerprint density at radius 1 is 1.27 bits per heavy atom. The molecule has 1 aliphatic heterocycles. The Morgan fingerprint density at radius 3 is 2.73 bits per heavy atom. The van der Waals surface area contributed by atoms with E-state index in [2.05, 4.69) is 29.6 Å². The molecule has 1 fully saturated rings. The van der Waals surface area contributed by atoms with Crippen LogP contribution in [-0.4, -0.2) is 30.1 Å². The normalized spacial score (nSPS) is 25.7. The second-order valence-corrected chi connectivity index (χ2v) is 5.02. The summed E-state index contributed by atoms with van der Waals surface area (Å²) in [6.07, 6.45) is -0.145. The summed E-state index contributed by atoms with van der Waals surface area (Å²) in [7, 11) is 0. The fraction of sp³-hybridized carbons (Fsp3) is 0.500. The largest absolute Gasteiger partial charge is 0.391 e. The number of aliphatic hydroxyl groups excluding tert-OH is 1. The molecule has 0 aromatic heterocycles. The lowest BCUT2D eigenvalue weighted by Gasteiger charge is -2.12. The summed E-state index contributed by atoms with van der Waals surface area (Å²) in [5.74, 6) is 2.52. The first kappa shape index (κ1) is 11.0. The highest BCUT2D eigenvalue weighted by Crippen LogP contribution is 2.19. The number of benzene rings is 1. The summed E-state index contributed by atoms with van der Waals surface area (Å²) in [6, 6.07) is 10.5. The molecule has 1 saturated heterocycles. The molecule has 3 heteroatoms. The number of rotatable bonds is 4. The third-order valence-corrected chi connectivity index (χ3v) is 3.95. The van der Waals surface area contributed by atoms with Crippen molar-refractivity contribution in [2.45, 2.75) is 11.9 Å². The third-order valence-electron chi connectivity index (χ3n) is 2.75. The van der Waals surface area contributed by atoms with Crippen molar-refractivity contribution in [1.29, 1.82) is 0 Å². The first-order valence-electron chi connectivity index (χ1n) is 5.36. The SMILES string of the molecule is O[C@H]1CNC[C@@H]1CSCc1ccccc1. The van der Waals surface area contributed by atoms with Gasteiger partial charge in [-0.3, -0.25) is 0 Å². The molecular weight excluding hydrogens is 206 g/mol. The van der Waals surface area contributed by atoms with Crippen molar-refractivity contribution in [1.82, 2.24) is 5.32 Å². The average molecular weight is 223 g/mol. The van der Waals surface area contributed by atoms with Crippen LogP contribution in [0.15, 0.2) is 30.3 Å². The predicted octanol–water partition coefficient (Wildman–Crippen LogP) is 1.50. The number of nitrogens with one attached hydrogen (secondary N) is 1. The molecule has 0 bridgehead atoms. The second-order valence-electron chi connectivity index (χ2n) is 3.99. The fourth-order valence-electron chi connectivity index (χ4n) is 1.79. The highest BCUT2D eigenvalue weighted by molar-refractivity contribution is 7.98. The molecular formula is C12H17NOS. The summed E-state index contributed by atoms with van der Waals surface area (Å²) in [5, 5.41) is 12.8. The Balaban J connectivity index is 1.71. The zero-order valence-corrected chi connectivity index (χ0v) is 9.54. The zero-order chi connectivity index (χ0) is 10.5. The molecule has 1 aromatic carbocycles. The van der Waals surface area contributed by atoms with Crippen LogP contribution in [0.4, 0.5) is 0 Å². The molecule has 1 heterocycles. The van der Waals surface area contributed by atoms with Crippen molar-refractivity contribution in [2.75, 3.05) is 18.8 Å². The summed E-state index contributed by atoms with van der Waals surface area (Å²) < 4.78 is 0. The summed E-state index contributed by atoms with van der Waals surface area (Å²) >= 11 is 1.91. The quantitative estimate of drug-likeness (QED) is 0.811. The molecule has 0 unspecified atom stereocenters. The van der Waals surface area contributed by atoms with E-state index >= 15 is 0 Å². The van der Waals surface area contributed by atoms with E-state index in [1.54, 1.807) is 0 Å². The molecule has 0 saturated carbocycles. The molecule has 2 atom stereocenters. The van der Waals surface area contributed by atoms with Gasteiger partial charge in [0.05, 0.1) is 6.10 Å². The molecule has 0 spiro atoms. The molecule has 2 nitrogen and oxygen atoms in total. The lowest BCUT2D eigenvalue weighted by Crippen LogP contribution is -2.19. The molecule has 0 amide bonds. The first-order chi connectivity index (χ1) is 7.36. The Kier molecular flexibility index (Phi) is 4.06. The minimum Gasteiger partial charge on any atom is -0.391 e. The number of β-amino-alcohol motifs (C(OH)–C–C–N with tert-alkyl or cyclic N) is 1. The van der Waals surface area contributed by atoms with Gasteiger partial charge in [0.25, 0.3) is 0 Å². The maximum absolute atomic E-state index is 9.61. The van der Waals surface area contributed by atoms with Crippen LogP contribution in [0.2, 0.25) is 0 Å². The Labute approximate surface area is 95.1 Å². The standard InChI is InChI=1S/C12H17NOS/c14-12-7-13-6-11(12)9-15-8-10-4-2-1-3-5-10/h1-5,11-14H,6-9H2/t11-,12+/m1/s1. The van der Waals surface area contributed by atoms with E-state index in [1.807, 2.05) is 17.8 Å². The van der Waals surface area contributed by atoms with E-state index in [9.17, 15) is 5.11 Å². The van der Waals surface area contributed by atoms with Gasteiger partial charge in [-0.1, -0.05) is 30.3 Å². The van der Waals surface area contributed by atoms with Gasteiger partial charge in [-0.15, -0.1) is 0 Å². The molecule has 15 heavy (non-hydrogen) atoms. The van der Waals surface area contributed by atoms with Crippen molar-refractivity contribution in [2.24, 2.45) is 5.92 Å². The van der Waals surface area contributed by atoms with Gasteiger partial charge in [-0.25, -0.2) is 0 Å². The van der Waals surface area contributed by atoms with Crippen LogP contribution in [0.25, 0.3) is 0 Å². The topological polar surface area (TPSA) is 32.3 Å². The van der Waals surface area contributed by atoms with Crippen LogP contribution >= 0.6 is 11.8 Å². The van der Waals surface area contributed by atoms with Gasteiger partial charge < -0.3 is 10.4 Å². The highest BCUT2D eigenvalue weighted by Gasteiger charge is 2.24. The maximum Gasteiger partial charge on any atom is 0.0712 e. The number of hydrogen-bond acceptors (Lipinski definition) is 3. The number of hydrogen-bond donors (Lipinski definition) is 2. The van der Waals surface area contributed by atoms with Crippen LogP contribution in [0.5, 0.6) is 0 Å². The van der Waals surface area contributed by atoms with Crippen molar-refractivity contribution in [3.05, 3.63) is 35.9 Å². The van der Waals surface area contributed by atoms with Gasteiger partial charge in [-0.2, -0.15) is 11.8 Å². The monoisotopic (exact) mass is 223 g/mol. The molecule has 1 aliphatic rings. The molecule has 0 radical (unpaired) electrons. The second kappa shape index (κ2) is 5.54. The van der Waals surface area contributed by atoms with Gasteiger partial charge >= 0.3 is 0 Å². The van der Waals surface area contributed by atoms with Crippen molar-refractivity contribution < 1.29 is 5.11 Å². The molecule has 2 N–H and O–H groups in total. The minimum atomic E-state index is -0.145. The maximum atomic E-state index is 9.61. The van der Waals surface area contributed by atoms with E-state index in [1.165, 1.54) is 5.56 Å². The van der Waals surface area contributed by atoms with Crippen LogP contribution < -0.4 is 5.32 Å². The minimum absolute atomic E-state index is 0.145.